The summed E-state index contributed by atoms with van der Waals surface area (Å²) in [5, 5.41) is 6.01. The van der Waals surface area contributed by atoms with Crippen LogP contribution in [0.5, 0.6) is 0 Å². The molecule has 0 spiro atoms. The zero-order valence-corrected chi connectivity index (χ0v) is 11.3. The zero-order valence-electron chi connectivity index (χ0n) is 11.3. The van der Waals surface area contributed by atoms with Crippen LogP contribution in [0.1, 0.15) is 29.9 Å². The minimum Gasteiger partial charge on any atom is -0.312 e. The Balaban J connectivity index is 1.86. The first kappa shape index (κ1) is 13.0. The molecule has 0 aliphatic carbocycles. The van der Waals surface area contributed by atoms with E-state index < -0.39 is 5.92 Å². The van der Waals surface area contributed by atoms with Gasteiger partial charge in [0.2, 0.25) is 5.91 Å². The molecule has 2 aliphatic heterocycles. The summed E-state index contributed by atoms with van der Waals surface area (Å²) in [7, 11) is 0. The summed E-state index contributed by atoms with van der Waals surface area (Å²) in [4.78, 5) is 28.5. The molecule has 0 aromatic heterocycles. The van der Waals surface area contributed by atoms with Gasteiger partial charge in [-0.1, -0.05) is 29.8 Å². The van der Waals surface area contributed by atoms with Crippen molar-refractivity contribution < 1.29 is 9.59 Å². The maximum Gasteiger partial charge on any atom is 0.264 e. The van der Waals surface area contributed by atoms with Gasteiger partial charge < -0.3 is 10.6 Å². The molecule has 1 aromatic carbocycles. The fraction of sp³-hybridized carbons (Fsp3) is 0.400. The van der Waals surface area contributed by atoms with Crippen molar-refractivity contribution in [2.24, 2.45) is 4.99 Å². The molecule has 2 unspecified atom stereocenters. The van der Waals surface area contributed by atoms with Crippen LogP contribution in [-0.4, -0.2) is 30.2 Å². The lowest BCUT2D eigenvalue weighted by Gasteiger charge is -2.23. The number of rotatable bonds is 2. The highest BCUT2D eigenvalue weighted by molar-refractivity contribution is 6.20. The molecule has 0 bridgehead atoms. The van der Waals surface area contributed by atoms with Gasteiger partial charge in [0.1, 0.15) is 11.8 Å². The number of aliphatic imine (C=N–C) groups is 1. The van der Waals surface area contributed by atoms with Crippen molar-refractivity contribution in [1.29, 1.82) is 0 Å². The molecule has 2 amide bonds. The summed E-state index contributed by atoms with van der Waals surface area (Å²) < 4.78 is 0. The summed E-state index contributed by atoms with van der Waals surface area (Å²) in [6.45, 7) is 2.86. The summed E-state index contributed by atoms with van der Waals surface area (Å²) >= 11 is 0. The topological polar surface area (TPSA) is 70.6 Å². The monoisotopic (exact) mass is 271 g/mol. The van der Waals surface area contributed by atoms with Gasteiger partial charge in [-0.3, -0.25) is 9.59 Å². The SMILES string of the molecule is Cc1ccc(C2C(=O)N=C(C3CCCN3)NC2=O)cc1. The molecular weight excluding hydrogens is 254 g/mol. The van der Waals surface area contributed by atoms with Crippen molar-refractivity contribution in [2.75, 3.05) is 6.54 Å². The third-order valence-corrected chi connectivity index (χ3v) is 3.79. The van der Waals surface area contributed by atoms with Gasteiger partial charge in [-0.2, -0.15) is 4.99 Å². The number of carbonyl (C=O) groups excluding carboxylic acids is 2. The number of amides is 2. The van der Waals surface area contributed by atoms with Crippen LogP contribution in [-0.2, 0) is 9.59 Å². The number of benzene rings is 1. The molecule has 20 heavy (non-hydrogen) atoms. The summed E-state index contributed by atoms with van der Waals surface area (Å²) in [6.07, 6.45) is 1.94. The van der Waals surface area contributed by atoms with E-state index in [9.17, 15) is 9.59 Å². The third kappa shape index (κ3) is 2.36. The lowest BCUT2D eigenvalue weighted by atomic mass is 9.95. The molecule has 5 heteroatoms. The number of nitrogens with zero attached hydrogens (tertiary/aromatic N) is 1. The lowest BCUT2D eigenvalue weighted by molar-refractivity contribution is -0.129. The molecule has 0 saturated carbocycles. The maximum absolute atomic E-state index is 12.2. The molecule has 1 aromatic rings. The van der Waals surface area contributed by atoms with Crippen LogP contribution in [0.2, 0.25) is 0 Å². The lowest BCUT2D eigenvalue weighted by Crippen LogP contribution is -2.50. The molecule has 1 saturated heterocycles. The van der Waals surface area contributed by atoms with Gasteiger partial charge >= 0.3 is 0 Å². The van der Waals surface area contributed by atoms with Gasteiger partial charge in [0.25, 0.3) is 5.91 Å². The molecule has 0 radical (unpaired) electrons. The van der Waals surface area contributed by atoms with E-state index in [1.807, 2.05) is 31.2 Å². The second kappa shape index (κ2) is 5.17. The van der Waals surface area contributed by atoms with Crippen LogP contribution in [0, 0.1) is 6.92 Å². The Kier molecular flexibility index (Phi) is 3.36. The zero-order chi connectivity index (χ0) is 14.1. The smallest absolute Gasteiger partial charge is 0.264 e. The maximum atomic E-state index is 12.2. The van der Waals surface area contributed by atoms with Crippen LogP contribution in [0.15, 0.2) is 29.3 Å². The highest BCUT2D eigenvalue weighted by Crippen LogP contribution is 2.22. The first-order chi connectivity index (χ1) is 9.65. The standard InChI is InChI=1S/C15H17N3O2/c1-9-4-6-10(7-5-9)12-14(19)17-13(18-15(12)20)11-3-2-8-16-11/h4-7,11-12,16H,2-3,8H2,1H3,(H,17,18,19,20). The molecule has 2 atom stereocenters. The molecule has 2 aliphatic rings. The van der Waals surface area contributed by atoms with Crippen molar-refractivity contribution in [1.82, 2.24) is 10.6 Å². The van der Waals surface area contributed by atoms with E-state index in [4.69, 9.17) is 0 Å². The summed E-state index contributed by atoms with van der Waals surface area (Å²) in [5.41, 5.74) is 1.79. The minimum atomic E-state index is -0.819. The second-order valence-electron chi connectivity index (χ2n) is 5.32. The number of amidine groups is 1. The predicted molar refractivity (Wildman–Crippen MR) is 75.5 cm³/mol. The van der Waals surface area contributed by atoms with Crippen molar-refractivity contribution in [3.05, 3.63) is 35.4 Å². The molecule has 104 valence electrons. The van der Waals surface area contributed by atoms with E-state index in [0.29, 0.717) is 11.4 Å². The van der Waals surface area contributed by atoms with E-state index in [1.165, 1.54) is 0 Å². The first-order valence-electron chi connectivity index (χ1n) is 6.88. The van der Waals surface area contributed by atoms with Crippen LogP contribution in [0.4, 0.5) is 0 Å². The van der Waals surface area contributed by atoms with Crippen molar-refractivity contribution >= 4 is 17.6 Å². The molecule has 1 fully saturated rings. The highest BCUT2D eigenvalue weighted by Gasteiger charge is 2.36. The van der Waals surface area contributed by atoms with E-state index in [0.717, 1.165) is 24.9 Å². The number of hydrogen-bond donors (Lipinski definition) is 2. The van der Waals surface area contributed by atoms with Crippen molar-refractivity contribution in [2.45, 2.75) is 31.7 Å². The van der Waals surface area contributed by atoms with Gasteiger partial charge in [0.05, 0.1) is 6.04 Å². The Labute approximate surface area is 117 Å². The van der Waals surface area contributed by atoms with Crippen molar-refractivity contribution in [3.63, 3.8) is 0 Å². The number of hydrogen-bond acceptors (Lipinski definition) is 3. The minimum absolute atomic E-state index is 0.00173. The Morgan fingerprint density at radius 3 is 2.55 bits per heavy atom. The Morgan fingerprint density at radius 1 is 1.20 bits per heavy atom. The van der Waals surface area contributed by atoms with Gasteiger partial charge in [-0.05, 0) is 31.9 Å². The van der Waals surface area contributed by atoms with Crippen LogP contribution < -0.4 is 10.6 Å². The van der Waals surface area contributed by atoms with E-state index in [2.05, 4.69) is 15.6 Å². The summed E-state index contributed by atoms with van der Waals surface area (Å²) in [6, 6.07) is 7.42. The fourth-order valence-corrected chi connectivity index (χ4v) is 2.66. The van der Waals surface area contributed by atoms with Crippen LogP contribution >= 0.6 is 0 Å². The normalized spacial score (nSPS) is 26.4. The molecule has 2 heterocycles. The number of nitrogens with one attached hydrogen (secondary N) is 2. The van der Waals surface area contributed by atoms with Crippen molar-refractivity contribution in [3.8, 4) is 0 Å². The van der Waals surface area contributed by atoms with Crippen LogP contribution in [0.25, 0.3) is 0 Å². The average Bonchev–Trinajstić information content (AvgIpc) is 2.94. The Hall–Kier alpha value is -2.01. The Bertz CT molecular complexity index is 571. The second-order valence-corrected chi connectivity index (χ2v) is 5.32. The van der Waals surface area contributed by atoms with Gasteiger partial charge in [0.15, 0.2) is 0 Å². The average molecular weight is 271 g/mol. The van der Waals surface area contributed by atoms with E-state index in [-0.39, 0.29) is 17.9 Å². The fourth-order valence-electron chi connectivity index (χ4n) is 2.66. The molecular formula is C15H17N3O2. The molecule has 5 nitrogen and oxygen atoms in total. The van der Waals surface area contributed by atoms with Gasteiger partial charge in [-0.15, -0.1) is 0 Å². The quantitative estimate of drug-likeness (QED) is 0.785. The largest absolute Gasteiger partial charge is 0.312 e. The molecule has 2 N–H and O–H groups in total. The highest BCUT2D eigenvalue weighted by atomic mass is 16.2. The summed E-state index contributed by atoms with van der Waals surface area (Å²) in [5.74, 6) is -1.000. The Morgan fingerprint density at radius 2 is 1.95 bits per heavy atom. The van der Waals surface area contributed by atoms with Gasteiger partial charge in [-0.25, -0.2) is 0 Å². The predicted octanol–water partition coefficient (Wildman–Crippen LogP) is 0.886. The van der Waals surface area contributed by atoms with Crippen LogP contribution in [0.3, 0.4) is 0 Å². The third-order valence-electron chi connectivity index (χ3n) is 3.79. The first-order valence-corrected chi connectivity index (χ1v) is 6.88. The van der Waals surface area contributed by atoms with Gasteiger partial charge in [0, 0.05) is 0 Å². The van der Waals surface area contributed by atoms with E-state index in [1.54, 1.807) is 0 Å². The molecule has 3 rings (SSSR count). The van der Waals surface area contributed by atoms with E-state index >= 15 is 0 Å². The number of aryl methyl sites for hydroxylation is 1. The number of carbonyl (C=O) groups is 2.